The molecule has 4 rings (SSSR count). The van der Waals surface area contributed by atoms with E-state index in [9.17, 15) is 9.59 Å². The van der Waals surface area contributed by atoms with Crippen molar-refractivity contribution in [3.05, 3.63) is 16.1 Å². The fourth-order valence-corrected chi connectivity index (χ4v) is 4.60. The zero-order chi connectivity index (χ0) is 18.1. The zero-order valence-corrected chi connectivity index (χ0v) is 15.5. The number of carboxylic acids is 1. The minimum absolute atomic E-state index is 0.0432. The summed E-state index contributed by atoms with van der Waals surface area (Å²) in [5.41, 5.74) is 0.462. The van der Waals surface area contributed by atoms with Gasteiger partial charge in [0, 0.05) is 30.6 Å². The molecule has 1 atom stereocenters. The maximum absolute atomic E-state index is 12.4. The Hall–Kier alpha value is -1.51. The average Bonchev–Trinajstić information content (AvgIpc) is 3.03. The minimum atomic E-state index is -0.776. The second kappa shape index (κ2) is 7.62. The van der Waals surface area contributed by atoms with Gasteiger partial charge in [0.25, 0.3) is 5.91 Å². The van der Waals surface area contributed by atoms with Crippen LogP contribution in [0.25, 0.3) is 0 Å². The van der Waals surface area contributed by atoms with Crippen LogP contribution in [0, 0.1) is 5.92 Å². The minimum Gasteiger partial charge on any atom is -0.480 e. The van der Waals surface area contributed by atoms with Gasteiger partial charge in [-0.25, -0.2) is 4.98 Å². The first-order chi connectivity index (χ1) is 12.6. The lowest BCUT2D eigenvalue weighted by Gasteiger charge is -2.42. The van der Waals surface area contributed by atoms with Gasteiger partial charge in [-0.2, -0.15) is 0 Å². The van der Waals surface area contributed by atoms with E-state index in [0.717, 1.165) is 43.8 Å². The summed E-state index contributed by atoms with van der Waals surface area (Å²) in [7, 11) is 0. The SMILES string of the molecule is O=C(O)CN(CC1CC1)C1CC(NC(=O)c2csc(C3CCCO3)n2)C1. The lowest BCUT2D eigenvalue weighted by molar-refractivity contribution is -0.139. The van der Waals surface area contributed by atoms with Crippen LogP contribution < -0.4 is 5.32 Å². The molecule has 7 nitrogen and oxygen atoms in total. The molecule has 2 N–H and O–H groups in total. The van der Waals surface area contributed by atoms with Crippen molar-refractivity contribution in [3.63, 3.8) is 0 Å². The maximum atomic E-state index is 12.4. The van der Waals surface area contributed by atoms with E-state index >= 15 is 0 Å². The predicted octanol–water partition coefficient (Wildman–Crippen LogP) is 2.05. The third kappa shape index (κ3) is 4.24. The van der Waals surface area contributed by atoms with Crippen LogP contribution in [0.3, 0.4) is 0 Å². The Morgan fingerprint density at radius 3 is 2.81 bits per heavy atom. The topological polar surface area (TPSA) is 91.8 Å². The second-order valence-electron chi connectivity index (χ2n) is 7.63. The number of nitrogens with one attached hydrogen (secondary N) is 1. The molecule has 0 radical (unpaired) electrons. The summed E-state index contributed by atoms with van der Waals surface area (Å²) in [5, 5.41) is 14.8. The summed E-state index contributed by atoms with van der Waals surface area (Å²) in [6.07, 6.45) is 6.10. The Balaban J connectivity index is 1.26. The summed E-state index contributed by atoms with van der Waals surface area (Å²) >= 11 is 1.48. The number of amides is 1. The summed E-state index contributed by atoms with van der Waals surface area (Å²) in [6.45, 7) is 1.73. The van der Waals surface area contributed by atoms with E-state index in [1.54, 1.807) is 5.38 Å². The highest BCUT2D eigenvalue weighted by Crippen LogP contribution is 2.34. The molecule has 26 heavy (non-hydrogen) atoms. The highest BCUT2D eigenvalue weighted by molar-refractivity contribution is 7.09. The van der Waals surface area contributed by atoms with Crippen molar-refractivity contribution in [2.75, 3.05) is 19.7 Å². The number of hydrogen-bond acceptors (Lipinski definition) is 6. The van der Waals surface area contributed by atoms with Gasteiger partial charge in [0.15, 0.2) is 0 Å². The van der Waals surface area contributed by atoms with E-state index in [1.165, 1.54) is 24.2 Å². The molecule has 1 amide bonds. The normalized spacial score (nSPS) is 28.1. The molecule has 1 unspecified atom stereocenters. The van der Waals surface area contributed by atoms with Crippen LogP contribution in [-0.4, -0.2) is 58.6 Å². The highest BCUT2D eigenvalue weighted by Gasteiger charge is 2.38. The van der Waals surface area contributed by atoms with Gasteiger partial charge in [-0.15, -0.1) is 11.3 Å². The number of hydrogen-bond donors (Lipinski definition) is 2. The molecule has 1 saturated heterocycles. The molecule has 142 valence electrons. The van der Waals surface area contributed by atoms with Crippen molar-refractivity contribution in [3.8, 4) is 0 Å². The van der Waals surface area contributed by atoms with Crippen molar-refractivity contribution < 1.29 is 19.4 Å². The van der Waals surface area contributed by atoms with Gasteiger partial charge in [0.1, 0.15) is 16.8 Å². The Labute approximate surface area is 156 Å². The maximum Gasteiger partial charge on any atom is 0.317 e. The molecule has 3 fully saturated rings. The third-order valence-corrected chi connectivity index (χ3v) is 6.39. The van der Waals surface area contributed by atoms with Crippen molar-refractivity contribution in [1.82, 2.24) is 15.2 Å². The quantitative estimate of drug-likeness (QED) is 0.718. The fourth-order valence-electron chi connectivity index (χ4n) is 3.72. The number of thiazole rings is 1. The molecule has 1 aromatic rings. The molecule has 0 aromatic carbocycles. The Morgan fingerprint density at radius 2 is 2.15 bits per heavy atom. The number of carbonyl (C=O) groups excluding carboxylic acids is 1. The highest BCUT2D eigenvalue weighted by atomic mass is 32.1. The Kier molecular flexibility index (Phi) is 5.24. The second-order valence-corrected chi connectivity index (χ2v) is 8.52. The van der Waals surface area contributed by atoms with Gasteiger partial charge in [0.05, 0.1) is 6.54 Å². The first kappa shape index (κ1) is 17.9. The number of rotatable bonds is 8. The van der Waals surface area contributed by atoms with Gasteiger partial charge in [-0.3, -0.25) is 14.5 Å². The van der Waals surface area contributed by atoms with Crippen molar-refractivity contribution in [2.24, 2.45) is 5.92 Å². The van der Waals surface area contributed by atoms with Crippen LogP contribution in [0.15, 0.2) is 5.38 Å². The average molecular weight is 379 g/mol. The summed E-state index contributed by atoms with van der Waals surface area (Å²) < 4.78 is 5.62. The van der Waals surface area contributed by atoms with E-state index in [-0.39, 0.29) is 30.6 Å². The number of ether oxygens (including phenoxy) is 1. The summed E-state index contributed by atoms with van der Waals surface area (Å²) in [6, 6.07) is 0.366. The lowest BCUT2D eigenvalue weighted by Crippen LogP contribution is -2.55. The first-order valence-electron chi connectivity index (χ1n) is 9.42. The van der Waals surface area contributed by atoms with Crippen LogP contribution in [0.4, 0.5) is 0 Å². The zero-order valence-electron chi connectivity index (χ0n) is 14.7. The molecule has 0 spiro atoms. The van der Waals surface area contributed by atoms with E-state index in [4.69, 9.17) is 9.84 Å². The standard InChI is InChI=1S/C18H25N3O4S/c22-16(23)9-21(8-11-3-4-11)13-6-12(7-13)19-17(24)14-10-26-18(20-14)15-2-1-5-25-15/h10-13,15H,1-9H2,(H,19,24)(H,22,23). The van der Waals surface area contributed by atoms with Gasteiger partial charge in [-0.05, 0) is 44.4 Å². The number of carbonyl (C=O) groups is 2. The van der Waals surface area contributed by atoms with Crippen LogP contribution >= 0.6 is 11.3 Å². The number of aromatic nitrogens is 1. The molecular weight excluding hydrogens is 354 g/mol. The Bertz CT molecular complexity index is 663. The molecule has 2 heterocycles. The Morgan fingerprint density at radius 1 is 1.35 bits per heavy atom. The molecule has 8 heteroatoms. The molecule has 2 saturated carbocycles. The first-order valence-corrected chi connectivity index (χ1v) is 10.3. The molecular formula is C18H25N3O4S. The molecule has 1 aromatic heterocycles. The van der Waals surface area contributed by atoms with Gasteiger partial charge < -0.3 is 15.2 Å². The van der Waals surface area contributed by atoms with Gasteiger partial charge >= 0.3 is 5.97 Å². The predicted molar refractivity (Wildman–Crippen MR) is 96.3 cm³/mol. The summed E-state index contributed by atoms with van der Waals surface area (Å²) in [5.74, 6) is -0.252. The number of carboxylic acid groups (broad SMARTS) is 1. The monoisotopic (exact) mass is 379 g/mol. The van der Waals surface area contributed by atoms with Crippen LogP contribution in [0.2, 0.25) is 0 Å². The van der Waals surface area contributed by atoms with Crippen molar-refractivity contribution in [1.29, 1.82) is 0 Å². The van der Waals surface area contributed by atoms with E-state index in [2.05, 4.69) is 15.2 Å². The van der Waals surface area contributed by atoms with Gasteiger partial charge in [-0.1, -0.05) is 0 Å². The molecule has 3 aliphatic rings. The van der Waals surface area contributed by atoms with E-state index in [1.807, 2.05) is 0 Å². The van der Waals surface area contributed by atoms with Gasteiger partial charge in [0.2, 0.25) is 0 Å². The molecule has 2 aliphatic carbocycles. The van der Waals surface area contributed by atoms with Crippen LogP contribution in [-0.2, 0) is 9.53 Å². The smallest absolute Gasteiger partial charge is 0.317 e. The van der Waals surface area contributed by atoms with Crippen molar-refractivity contribution >= 4 is 23.2 Å². The van der Waals surface area contributed by atoms with Crippen molar-refractivity contribution in [2.45, 2.75) is 56.7 Å². The number of nitrogens with zero attached hydrogens (tertiary/aromatic N) is 2. The third-order valence-electron chi connectivity index (χ3n) is 5.45. The van der Waals surface area contributed by atoms with Crippen LogP contribution in [0.1, 0.15) is 60.1 Å². The molecule has 0 bridgehead atoms. The fraction of sp³-hybridized carbons (Fsp3) is 0.722. The largest absolute Gasteiger partial charge is 0.480 e. The molecule has 1 aliphatic heterocycles. The summed E-state index contributed by atoms with van der Waals surface area (Å²) in [4.78, 5) is 30.0. The van der Waals surface area contributed by atoms with E-state index < -0.39 is 5.97 Å². The van der Waals surface area contributed by atoms with E-state index in [0.29, 0.717) is 11.6 Å². The number of aliphatic carboxylic acids is 1. The lowest BCUT2D eigenvalue weighted by atomic mass is 9.85. The van der Waals surface area contributed by atoms with Crippen LogP contribution in [0.5, 0.6) is 0 Å².